The molecule has 3 atom stereocenters. The van der Waals surface area contributed by atoms with Crippen LogP contribution in [0.25, 0.3) is 0 Å². The van der Waals surface area contributed by atoms with Crippen LogP contribution in [-0.4, -0.2) is 78.1 Å². The summed E-state index contributed by atoms with van der Waals surface area (Å²) in [6.07, 6.45) is 5.34. The maximum Gasteiger partial charge on any atom is 0.0362 e. The Morgan fingerprint density at radius 3 is 2.30 bits per heavy atom. The van der Waals surface area contributed by atoms with Crippen LogP contribution in [0, 0.1) is 0 Å². The van der Waals surface area contributed by atoms with Crippen LogP contribution in [0.5, 0.6) is 0 Å². The van der Waals surface area contributed by atoms with Gasteiger partial charge >= 0.3 is 0 Å². The highest BCUT2D eigenvalue weighted by atomic mass is 15.3. The van der Waals surface area contributed by atoms with Crippen molar-refractivity contribution in [3.63, 3.8) is 0 Å². The molecule has 116 valence electrons. The topological polar surface area (TPSA) is 35.7 Å². The summed E-state index contributed by atoms with van der Waals surface area (Å²) in [6.45, 7) is 10.3. The molecule has 3 unspecified atom stereocenters. The Kier molecular flexibility index (Phi) is 4.10. The lowest BCUT2D eigenvalue weighted by atomic mass is 9.80. The smallest absolute Gasteiger partial charge is 0.0362 e. The van der Waals surface area contributed by atoms with Crippen molar-refractivity contribution in [2.75, 3.05) is 39.8 Å². The minimum absolute atomic E-state index is 0.284. The Labute approximate surface area is 124 Å². The number of piperazine rings is 1. The van der Waals surface area contributed by atoms with Crippen LogP contribution in [0.4, 0.5) is 0 Å². The van der Waals surface area contributed by atoms with Crippen LogP contribution in [0.15, 0.2) is 0 Å². The van der Waals surface area contributed by atoms with Crippen molar-refractivity contribution < 1.29 is 0 Å². The summed E-state index contributed by atoms with van der Waals surface area (Å²) < 4.78 is 0. The zero-order valence-electron chi connectivity index (χ0n) is 13.5. The summed E-state index contributed by atoms with van der Waals surface area (Å²) in [5.41, 5.74) is 6.59. The molecular weight excluding hydrogens is 248 g/mol. The molecule has 0 spiro atoms. The van der Waals surface area contributed by atoms with E-state index in [1.54, 1.807) is 0 Å². The fraction of sp³-hybridized carbons (Fsp3) is 1.00. The average Bonchev–Trinajstić information content (AvgIpc) is 2.69. The van der Waals surface area contributed by atoms with E-state index < -0.39 is 0 Å². The molecular formula is C16H32N4. The molecule has 0 amide bonds. The summed E-state index contributed by atoms with van der Waals surface area (Å²) in [7, 11) is 2.32. The minimum atomic E-state index is 0.284. The van der Waals surface area contributed by atoms with Gasteiger partial charge in [0.15, 0.2) is 0 Å². The van der Waals surface area contributed by atoms with Crippen molar-refractivity contribution >= 4 is 0 Å². The van der Waals surface area contributed by atoms with Crippen LogP contribution >= 0.6 is 0 Å². The molecule has 4 heteroatoms. The van der Waals surface area contributed by atoms with Crippen molar-refractivity contribution in [1.29, 1.82) is 0 Å². The second-order valence-electron chi connectivity index (χ2n) is 7.31. The van der Waals surface area contributed by atoms with E-state index in [2.05, 4.69) is 35.6 Å². The summed E-state index contributed by atoms with van der Waals surface area (Å²) in [5.74, 6) is 0. The maximum atomic E-state index is 6.31. The molecule has 3 aliphatic rings. The van der Waals surface area contributed by atoms with Crippen LogP contribution in [0.1, 0.15) is 39.5 Å². The molecule has 2 bridgehead atoms. The normalized spacial score (nSPS) is 44.1. The monoisotopic (exact) mass is 280 g/mol. The van der Waals surface area contributed by atoms with Crippen molar-refractivity contribution in [1.82, 2.24) is 14.7 Å². The molecule has 3 saturated heterocycles. The first-order valence-corrected chi connectivity index (χ1v) is 8.50. The fourth-order valence-corrected chi connectivity index (χ4v) is 4.99. The molecule has 0 aromatic heterocycles. The first-order valence-electron chi connectivity index (χ1n) is 8.50. The Morgan fingerprint density at radius 2 is 1.80 bits per heavy atom. The SMILES string of the molecule is CCN1CCN(C2(CN)CC3CCC(C2)N3C)CC1C. The number of rotatable bonds is 3. The standard InChI is InChI=1S/C16H32N4/c1-4-19-7-8-20(11-13(19)2)16(12-17)9-14-5-6-15(10-16)18(14)3/h13-15H,4-12,17H2,1-3H3. The predicted molar refractivity (Wildman–Crippen MR) is 83.9 cm³/mol. The number of likely N-dealkylation sites (N-methyl/N-ethyl adjacent to an activating group) is 1. The molecule has 0 aromatic rings. The number of fused-ring (bicyclic) bond motifs is 2. The molecule has 4 nitrogen and oxygen atoms in total. The second-order valence-corrected chi connectivity index (χ2v) is 7.31. The van der Waals surface area contributed by atoms with Crippen LogP contribution in [0.3, 0.4) is 0 Å². The minimum Gasteiger partial charge on any atom is -0.329 e. The Morgan fingerprint density at radius 1 is 1.15 bits per heavy atom. The third-order valence-electron chi connectivity index (χ3n) is 6.44. The van der Waals surface area contributed by atoms with Crippen molar-refractivity contribution in [3.05, 3.63) is 0 Å². The molecule has 0 radical (unpaired) electrons. The first-order chi connectivity index (χ1) is 9.59. The zero-order chi connectivity index (χ0) is 14.3. The largest absolute Gasteiger partial charge is 0.329 e. The van der Waals surface area contributed by atoms with Gasteiger partial charge in [-0.1, -0.05) is 6.92 Å². The first kappa shape index (κ1) is 14.8. The van der Waals surface area contributed by atoms with E-state index in [0.29, 0.717) is 6.04 Å². The number of nitrogens with two attached hydrogens (primary N) is 1. The van der Waals surface area contributed by atoms with E-state index in [1.807, 2.05) is 0 Å². The van der Waals surface area contributed by atoms with E-state index in [4.69, 9.17) is 5.73 Å². The molecule has 20 heavy (non-hydrogen) atoms. The van der Waals surface area contributed by atoms with Gasteiger partial charge in [-0.25, -0.2) is 0 Å². The summed E-state index contributed by atoms with van der Waals surface area (Å²) in [6, 6.07) is 2.23. The molecule has 3 rings (SSSR count). The van der Waals surface area contributed by atoms with Crippen molar-refractivity contribution in [2.24, 2.45) is 5.73 Å². The maximum absolute atomic E-state index is 6.31. The highest BCUT2D eigenvalue weighted by molar-refractivity contribution is 5.07. The quantitative estimate of drug-likeness (QED) is 0.835. The van der Waals surface area contributed by atoms with Crippen LogP contribution in [-0.2, 0) is 0 Å². The summed E-state index contributed by atoms with van der Waals surface area (Å²) >= 11 is 0. The van der Waals surface area contributed by atoms with Gasteiger partial charge in [-0.15, -0.1) is 0 Å². The van der Waals surface area contributed by atoms with E-state index in [1.165, 1.54) is 51.9 Å². The average molecular weight is 280 g/mol. The number of hydrogen-bond acceptors (Lipinski definition) is 4. The molecule has 3 fully saturated rings. The van der Waals surface area contributed by atoms with Crippen molar-refractivity contribution in [2.45, 2.75) is 63.2 Å². The number of piperidine rings is 1. The fourth-order valence-electron chi connectivity index (χ4n) is 4.99. The van der Waals surface area contributed by atoms with Gasteiger partial charge in [0.2, 0.25) is 0 Å². The van der Waals surface area contributed by atoms with E-state index in [-0.39, 0.29) is 5.54 Å². The lowest BCUT2D eigenvalue weighted by molar-refractivity contribution is -0.0388. The number of nitrogens with zero attached hydrogens (tertiary/aromatic N) is 3. The molecule has 0 aromatic carbocycles. The zero-order valence-corrected chi connectivity index (χ0v) is 13.5. The van der Waals surface area contributed by atoms with E-state index in [0.717, 1.165) is 18.6 Å². The van der Waals surface area contributed by atoms with Crippen molar-refractivity contribution in [3.8, 4) is 0 Å². The van der Waals surface area contributed by atoms with Gasteiger partial charge in [0.1, 0.15) is 0 Å². The van der Waals surface area contributed by atoms with Gasteiger partial charge in [0.25, 0.3) is 0 Å². The molecule has 0 saturated carbocycles. The highest BCUT2D eigenvalue weighted by Crippen LogP contribution is 2.42. The molecule has 3 heterocycles. The van der Waals surface area contributed by atoms with Gasteiger partial charge in [-0.05, 0) is 46.2 Å². The predicted octanol–water partition coefficient (Wildman–Crippen LogP) is 0.967. The van der Waals surface area contributed by atoms with Gasteiger partial charge < -0.3 is 10.6 Å². The van der Waals surface area contributed by atoms with E-state index in [9.17, 15) is 0 Å². The third-order valence-corrected chi connectivity index (χ3v) is 6.44. The Hall–Kier alpha value is -0.160. The Balaban J connectivity index is 1.74. The van der Waals surface area contributed by atoms with Gasteiger partial charge in [0.05, 0.1) is 0 Å². The third kappa shape index (κ3) is 2.31. The number of hydrogen-bond donors (Lipinski definition) is 1. The lowest BCUT2D eigenvalue weighted by Gasteiger charge is -2.54. The lowest BCUT2D eigenvalue weighted by Crippen LogP contribution is -2.66. The van der Waals surface area contributed by atoms with Gasteiger partial charge in [-0.3, -0.25) is 9.80 Å². The van der Waals surface area contributed by atoms with Crippen LogP contribution in [0.2, 0.25) is 0 Å². The van der Waals surface area contributed by atoms with Gasteiger partial charge in [-0.2, -0.15) is 0 Å². The highest BCUT2D eigenvalue weighted by Gasteiger charge is 2.49. The second kappa shape index (κ2) is 5.56. The summed E-state index contributed by atoms with van der Waals surface area (Å²) in [4.78, 5) is 7.98. The Bertz CT molecular complexity index is 331. The molecule has 3 aliphatic heterocycles. The molecule has 2 N–H and O–H groups in total. The molecule has 0 aliphatic carbocycles. The summed E-state index contributed by atoms with van der Waals surface area (Å²) in [5, 5.41) is 0. The van der Waals surface area contributed by atoms with Crippen LogP contribution < -0.4 is 5.73 Å². The van der Waals surface area contributed by atoms with E-state index >= 15 is 0 Å². The van der Waals surface area contributed by atoms with Gasteiger partial charge in [0, 0.05) is 49.8 Å².